The van der Waals surface area contributed by atoms with E-state index in [1.165, 1.54) is 0 Å². The van der Waals surface area contributed by atoms with E-state index in [0.29, 0.717) is 39.3 Å². The zero-order valence-electron chi connectivity index (χ0n) is 17.9. The summed E-state index contributed by atoms with van der Waals surface area (Å²) in [5.41, 5.74) is 4.16. The van der Waals surface area contributed by atoms with Crippen LogP contribution in [0.4, 0.5) is 0 Å². The summed E-state index contributed by atoms with van der Waals surface area (Å²) in [4.78, 5) is 22.7. The predicted octanol–water partition coefficient (Wildman–Crippen LogP) is 5.80. The standard InChI is InChI=1S/C25H19ClN4O2S/c1-15-23(24(31)22-13-20(29-33-22)25-27-10-3-11-28-25)19-12-18(32-2)8-9-21(19)30(15)14-16-4-6-17(26)7-5-16/h3-13H,14H2,1-2H3. The number of carbonyl (C=O) groups is 1. The number of benzene rings is 2. The number of methoxy groups -OCH3 is 1. The van der Waals surface area contributed by atoms with Crippen molar-refractivity contribution in [3.63, 3.8) is 0 Å². The van der Waals surface area contributed by atoms with Gasteiger partial charge in [0.2, 0.25) is 5.78 Å². The second-order valence-corrected chi connectivity index (χ2v) is 8.78. The first-order valence-corrected chi connectivity index (χ1v) is 11.4. The molecule has 0 amide bonds. The Morgan fingerprint density at radius 2 is 1.85 bits per heavy atom. The normalized spacial score (nSPS) is 11.1. The van der Waals surface area contributed by atoms with E-state index in [1.54, 1.807) is 31.6 Å². The van der Waals surface area contributed by atoms with E-state index in [9.17, 15) is 4.79 Å². The Kier molecular flexibility index (Phi) is 5.66. The maximum atomic E-state index is 13.7. The van der Waals surface area contributed by atoms with Crippen LogP contribution in [0.3, 0.4) is 0 Å². The molecule has 0 aliphatic heterocycles. The Balaban J connectivity index is 1.61. The highest BCUT2D eigenvalue weighted by molar-refractivity contribution is 7.08. The van der Waals surface area contributed by atoms with Crippen molar-refractivity contribution in [3.05, 3.63) is 93.7 Å². The lowest BCUT2D eigenvalue weighted by molar-refractivity contribution is 0.104. The van der Waals surface area contributed by atoms with E-state index in [-0.39, 0.29) is 5.78 Å². The first-order valence-electron chi connectivity index (χ1n) is 10.2. The summed E-state index contributed by atoms with van der Waals surface area (Å²) in [6, 6.07) is 17.0. The lowest BCUT2D eigenvalue weighted by atomic mass is 10.1. The third-order valence-corrected chi connectivity index (χ3v) is 6.58. The van der Waals surface area contributed by atoms with Gasteiger partial charge in [0.1, 0.15) is 11.4 Å². The molecular weight excluding hydrogens is 456 g/mol. The van der Waals surface area contributed by atoms with Crippen molar-refractivity contribution >= 4 is 39.8 Å². The molecule has 0 saturated heterocycles. The van der Waals surface area contributed by atoms with E-state index in [0.717, 1.165) is 33.7 Å². The van der Waals surface area contributed by atoms with E-state index >= 15 is 0 Å². The molecule has 8 heteroatoms. The first kappa shape index (κ1) is 21.3. The molecule has 0 saturated carbocycles. The summed E-state index contributed by atoms with van der Waals surface area (Å²) in [7, 11) is 1.62. The number of hydrogen-bond donors (Lipinski definition) is 0. The molecule has 0 atom stereocenters. The number of ketones is 1. The van der Waals surface area contributed by atoms with Gasteiger partial charge in [0, 0.05) is 40.6 Å². The SMILES string of the molecule is COc1ccc2c(c1)c(C(=O)c1cc(-c3ncccn3)ns1)c(C)n2Cc1ccc(Cl)cc1. The molecule has 0 unspecified atom stereocenters. The monoisotopic (exact) mass is 474 g/mol. The second-order valence-electron chi connectivity index (χ2n) is 7.53. The van der Waals surface area contributed by atoms with Crippen molar-refractivity contribution in [2.45, 2.75) is 13.5 Å². The van der Waals surface area contributed by atoms with Crippen LogP contribution in [0.5, 0.6) is 5.75 Å². The second kappa shape index (κ2) is 8.77. The van der Waals surface area contributed by atoms with Gasteiger partial charge in [0.25, 0.3) is 0 Å². The molecule has 0 bridgehead atoms. The Bertz CT molecular complexity index is 1460. The molecule has 0 spiro atoms. The number of nitrogens with zero attached hydrogens (tertiary/aromatic N) is 4. The van der Waals surface area contributed by atoms with Gasteiger partial charge in [-0.3, -0.25) is 4.79 Å². The average Bonchev–Trinajstić information content (AvgIpc) is 3.44. The van der Waals surface area contributed by atoms with E-state index < -0.39 is 0 Å². The van der Waals surface area contributed by atoms with Gasteiger partial charge in [-0.05, 0) is 66.5 Å². The Labute approximate surface area is 199 Å². The molecule has 33 heavy (non-hydrogen) atoms. The zero-order valence-corrected chi connectivity index (χ0v) is 19.5. The minimum Gasteiger partial charge on any atom is -0.497 e. The van der Waals surface area contributed by atoms with Crippen LogP contribution in [-0.2, 0) is 6.54 Å². The Morgan fingerprint density at radius 1 is 1.09 bits per heavy atom. The van der Waals surface area contributed by atoms with Gasteiger partial charge < -0.3 is 9.30 Å². The summed E-state index contributed by atoms with van der Waals surface area (Å²) >= 11 is 7.21. The zero-order chi connectivity index (χ0) is 22.9. The molecular formula is C25H19ClN4O2S. The molecule has 5 aromatic rings. The van der Waals surface area contributed by atoms with E-state index in [1.807, 2.05) is 49.4 Å². The van der Waals surface area contributed by atoms with Gasteiger partial charge in [-0.2, -0.15) is 4.37 Å². The lowest BCUT2D eigenvalue weighted by Gasteiger charge is -2.09. The third kappa shape index (κ3) is 4.01. The van der Waals surface area contributed by atoms with Crippen LogP contribution in [0.2, 0.25) is 5.02 Å². The Hall–Kier alpha value is -3.55. The molecule has 2 aromatic carbocycles. The summed E-state index contributed by atoms with van der Waals surface area (Å²) in [6.45, 7) is 2.59. The maximum Gasteiger partial charge on any atom is 0.207 e. The van der Waals surface area contributed by atoms with Gasteiger partial charge in [0.05, 0.1) is 17.6 Å². The van der Waals surface area contributed by atoms with Gasteiger partial charge in [-0.15, -0.1) is 0 Å². The van der Waals surface area contributed by atoms with Crippen molar-refractivity contribution in [2.24, 2.45) is 0 Å². The molecule has 0 N–H and O–H groups in total. The van der Waals surface area contributed by atoms with Crippen molar-refractivity contribution in [1.29, 1.82) is 0 Å². The van der Waals surface area contributed by atoms with Crippen LogP contribution in [0.15, 0.2) is 67.0 Å². The fourth-order valence-corrected chi connectivity index (χ4v) is 4.70. The van der Waals surface area contributed by atoms with Crippen LogP contribution in [-0.4, -0.2) is 31.8 Å². The first-order chi connectivity index (χ1) is 16.0. The van der Waals surface area contributed by atoms with E-state index in [2.05, 4.69) is 18.9 Å². The van der Waals surface area contributed by atoms with Crippen molar-refractivity contribution < 1.29 is 9.53 Å². The molecule has 0 radical (unpaired) electrons. The third-order valence-electron chi connectivity index (χ3n) is 5.54. The summed E-state index contributed by atoms with van der Waals surface area (Å²) in [5, 5.41) is 1.54. The Morgan fingerprint density at radius 3 is 2.58 bits per heavy atom. The number of ether oxygens (including phenoxy) is 1. The smallest absolute Gasteiger partial charge is 0.207 e. The molecule has 164 valence electrons. The number of halogens is 1. The quantitative estimate of drug-likeness (QED) is 0.291. The molecule has 3 aromatic heterocycles. The maximum absolute atomic E-state index is 13.7. The van der Waals surface area contributed by atoms with Crippen LogP contribution >= 0.6 is 23.1 Å². The highest BCUT2D eigenvalue weighted by Crippen LogP contribution is 2.33. The minimum absolute atomic E-state index is 0.0831. The van der Waals surface area contributed by atoms with Crippen LogP contribution in [0.1, 0.15) is 26.5 Å². The van der Waals surface area contributed by atoms with Gasteiger partial charge in [0.15, 0.2) is 5.82 Å². The summed E-state index contributed by atoms with van der Waals surface area (Å²) in [6.07, 6.45) is 3.31. The number of rotatable bonds is 6. The molecule has 0 aliphatic carbocycles. The average molecular weight is 475 g/mol. The van der Waals surface area contributed by atoms with Gasteiger partial charge >= 0.3 is 0 Å². The summed E-state index contributed by atoms with van der Waals surface area (Å²) in [5.74, 6) is 1.11. The molecule has 0 aliphatic rings. The van der Waals surface area contributed by atoms with Crippen LogP contribution < -0.4 is 4.74 Å². The molecule has 6 nitrogen and oxygen atoms in total. The summed E-state index contributed by atoms with van der Waals surface area (Å²) < 4.78 is 12.0. The largest absolute Gasteiger partial charge is 0.497 e. The number of hydrogen-bond acceptors (Lipinski definition) is 6. The topological polar surface area (TPSA) is 69.9 Å². The molecule has 0 fully saturated rings. The van der Waals surface area contributed by atoms with Crippen LogP contribution in [0, 0.1) is 6.92 Å². The van der Waals surface area contributed by atoms with Crippen molar-refractivity contribution in [3.8, 4) is 17.3 Å². The number of fused-ring (bicyclic) bond motifs is 1. The highest BCUT2D eigenvalue weighted by atomic mass is 35.5. The number of carbonyl (C=O) groups excluding carboxylic acids is 1. The minimum atomic E-state index is -0.0831. The molecule has 3 heterocycles. The highest BCUT2D eigenvalue weighted by Gasteiger charge is 2.24. The fraction of sp³-hybridized carbons (Fsp3) is 0.120. The van der Waals surface area contributed by atoms with E-state index in [4.69, 9.17) is 16.3 Å². The predicted molar refractivity (Wildman–Crippen MR) is 130 cm³/mol. The van der Waals surface area contributed by atoms with Crippen molar-refractivity contribution in [1.82, 2.24) is 18.9 Å². The van der Waals surface area contributed by atoms with Crippen LogP contribution in [0.25, 0.3) is 22.4 Å². The number of aromatic nitrogens is 4. The molecule has 5 rings (SSSR count). The fourth-order valence-electron chi connectivity index (χ4n) is 3.89. The van der Waals surface area contributed by atoms with Gasteiger partial charge in [-0.1, -0.05) is 23.7 Å². The van der Waals surface area contributed by atoms with Gasteiger partial charge in [-0.25, -0.2) is 9.97 Å². The lowest BCUT2D eigenvalue weighted by Crippen LogP contribution is -2.05. The van der Waals surface area contributed by atoms with Crippen molar-refractivity contribution in [2.75, 3.05) is 7.11 Å².